The van der Waals surface area contributed by atoms with Crippen molar-refractivity contribution in [3.05, 3.63) is 23.8 Å². The second-order valence-corrected chi connectivity index (χ2v) is 9.78. The zero-order chi connectivity index (χ0) is 21.3. The standard InChI is InChI=1S/C22H35N3O3/c1-14-11-12-27-17-10-9-15(23)13-16(17)22(14,8)25-18(20(2,3)4)24-19(26)28-21(5,6)7/h9-10,13-14H,11-12,23H2,1-8H3,(H,24,25,26). The number of amides is 1. The van der Waals surface area contributed by atoms with Crippen LogP contribution in [0.1, 0.15) is 67.4 Å². The Bertz CT molecular complexity index is 759. The Kier molecular flexibility index (Phi) is 6.02. The fraction of sp³-hybridized carbons (Fsp3) is 0.636. The summed E-state index contributed by atoms with van der Waals surface area (Å²) in [7, 11) is 0. The van der Waals surface area contributed by atoms with Crippen LogP contribution in [0.3, 0.4) is 0 Å². The van der Waals surface area contributed by atoms with Crippen LogP contribution >= 0.6 is 0 Å². The summed E-state index contributed by atoms with van der Waals surface area (Å²) in [6.07, 6.45) is 0.341. The fourth-order valence-corrected chi connectivity index (χ4v) is 3.15. The number of ether oxygens (including phenoxy) is 2. The monoisotopic (exact) mass is 389 g/mol. The average Bonchev–Trinajstić information content (AvgIpc) is 2.63. The van der Waals surface area contributed by atoms with Gasteiger partial charge in [-0.1, -0.05) is 27.7 Å². The van der Waals surface area contributed by atoms with Gasteiger partial charge in [0, 0.05) is 16.7 Å². The molecule has 0 saturated heterocycles. The first-order valence-electron chi connectivity index (χ1n) is 9.85. The van der Waals surface area contributed by atoms with Gasteiger partial charge in [-0.3, -0.25) is 10.3 Å². The molecule has 1 heterocycles. The lowest BCUT2D eigenvalue weighted by atomic mass is 9.79. The number of nitrogens with zero attached hydrogens (tertiary/aromatic N) is 1. The van der Waals surface area contributed by atoms with Crippen LogP contribution in [-0.2, 0) is 10.3 Å². The van der Waals surface area contributed by atoms with E-state index < -0.39 is 17.2 Å². The van der Waals surface area contributed by atoms with E-state index in [2.05, 4.69) is 19.2 Å². The van der Waals surface area contributed by atoms with Crippen molar-refractivity contribution in [2.75, 3.05) is 12.3 Å². The lowest BCUT2D eigenvalue weighted by Gasteiger charge is -2.35. The summed E-state index contributed by atoms with van der Waals surface area (Å²) in [5.74, 6) is 1.55. The van der Waals surface area contributed by atoms with Crippen molar-refractivity contribution in [3.63, 3.8) is 0 Å². The maximum Gasteiger partial charge on any atom is 0.413 e. The molecule has 0 saturated carbocycles. The third-order valence-corrected chi connectivity index (χ3v) is 4.99. The molecule has 1 aliphatic heterocycles. The number of alkyl carbamates (subject to hydrolysis) is 1. The van der Waals surface area contributed by atoms with Gasteiger partial charge in [0.15, 0.2) is 0 Å². The molecule has 0 bridgehead atoms. The fourth-order valence-electron chi connectivity index (χ4n) is 3.15. The number of fused-ring (bicyclic) bond motifs is 1. The first kappa shape index (κ1) is 22.1. The highest BCUT2D eigenvalue weighted by atomic mass is 16.6. The molecule has 0 spiro atoms. The number of aliphatic imine (C=N–C) groups is 1. The summed E-state index contributed by atoms with van der Waals surface area (Å²) in [6.45, 7) is 16.4. The average molecular weight is 390 g/mol. The van der Waals surface area contributed by atoms with Crippen LogP contribution in [0.5, 0.6) is 5.75 Å². The molecule has 0 radical (unpaired) electrons. The second kappa shape index (κ2) is 7.64. The first-order chi connectivity index (χ1) is 12.7. The van der Waals surface area contributed by atoms with Crippen LogP contribution in [0.25, 0.3) is 0 Å². The number of hydrogen-bond donors (Lipinski definition) is 2. The number of carbonyl (C=O) groups is 1. The molecule has 1 aromatic carbocycles. The third-order valence-electron chi connectivity index (χ3n) is 4.99. The van der Waals surface area contributed by atoms with Gasteiger partial charge in [0.2, 0.25) is 0 Å². The van der Waals surface area contributed by atoms with Crippen LogP contribution in [-0.4, -0.2) is 24.1 Å². The number of nitrogens with one attached hydrogen (secondary N) is 1. The van der Waals surface area contributed by atoms with Crippen molar-refractivity contribution in [1.29, 1.82) is 0 Å². The zero-order valence-corrected chi connectivity index (χ0v) is 18.5. The van der Waals surface area contributed by atoms with Crippen LogP contribution in [0.2, 0.25) is 0 Å². The topological polar surface area (TPSA) is 85.9 Å². The quantitative estimate of drug-likeness (QED) is 0.407. The number of rotatable bonds is 1. The highest BCUT2D eigenvalue weighted by Gasteiger charge is 2.39. The SMILES string of the molecule is CC1CCOc2ccc(N)cc2C1(C)N=C(NC(=O)OC(C)(C)C)C(C)(C)C. The van der Waals surface area contributed by atoms with Gasteiger partial charge in [-0.25, -0.2) is 4.79 Å². The van der Waals surface area contributed by atoms with Crippen molar-refractivity contribution in [1.82, 2.24) is 5.32 Å². The van der Waals surface area contributed by atoms with Gasteiger partial charge < -0.3 is 15.2 Å². The molecule has 28 heavy (non-hydrogen) atoms. The van der Waals surface area contributed by atoms with Crippen molar-refractivity contribution in [3.8, 4) is 5.75 Å². The van der Waals surface area contributed by atoms with Crippen LogP contribution in [0.4, 0.5) is 10.5 Å². The number of hydrogen-bond acceptors (Lipinski definition) is 5. The summed E-state index contributed by atoms with van der Waals surface area (Å²) in [5.41, 5.74) is 6.11. The Morgan fingerprint density at radius 2 is 1.93 bits per heavy atom. The Morgan fingerprint density at radius 3 is 2.50 bits per heavy atom. The van der Waals surface area contributed by atoms with Gasteiger partial charge in [0.25, 0.3) is 0 Å². The number of nitrogen functional groups attached to an aromatic ring is 1. The van der Waals surface area contributed by atoms with E-state index in [0.717, 1.165) is 17.7 Å². The number of anilines is 1. The summed E-state index contributed by atoms with van der Waals surface area (Å²) < 4.78 is 11.4. The molecule has 0 aromatic heterocycles. The molecule has 0 aliphatic carbocycles. The van der Waals surface area contributed by atoms with E-state index in [1.54, 1.807) is 0 Å². The molecule has 2 rings (SSSR count). The predicted molar refractivity (Wildman–Crippen MR) is 114 cm³/mol. The van der Waals surface area contributed by atoms with Crippen LogP contribution in [0.15, 0.2) is 23.2 Å². The molecular weight excluding hydrogens is 354 g/mol. The molecular formula is C22H35N3O3. The van der Waals surface area contributed by atoms with E-state index in [4.69, 9.17) is 20.2 Å². The van der Waals surface area contributed by atoms with E-state index in [1.165, 1.54) is 0 Å². The maximum absolute atomic E-state index is 12.5. The summed E-state index contributed by atoms with van der Waals surface area (Å²) in [5, 5.41) is 2.89. The van der Waals surface area contributed by atoms with Crippen molar-refractivity contribution < 1.29 is 14.3 Å². The van der Waals surface area contributed by atoms with Gasteiger partial charge >= 0.3 is 6.09 Å². The number of carbonyl (C=O) groups excluding carboxylic acids is 1. The lowest BCUT2D eigenvalue weighted by molar-refractivity contribution is 0.0557. The van der Waals surface area contributed by atoms with E-state index in [0.29, 0.717) is 18.1 Å². The van der Waals surface area contributed by atoms with E-state index in [-0.39, 0.29) is 11.3 Å². The normalized spacial score (nSPS) is 23.3. The molecule has 1 amide bonds. The molecule has 3 N–H and O–H groups in total. The van der Waals surface area contributed by atoms with Gasteiger partial charge in [-0.2, -0.15) is 0 Å². The molecule has 0 fully saturated rings. The second-order valence-electron chi connectivity index (χ2n) is 9.78. The highest BCUT2D eigenvalue weighted by Crippen LogP contribution is 2.44. The smallest absolute Gasteiger partial charge is 0.413 e. The van der Waals surface area contributed by atoms with Crippen molar-refractivity contribution >= 4 is 17.6 Å². The van der Waals surface area contributed by atoms with E-state index in [1.807, 2.05) is 59.7 Å². The largest absolute Gasteiger partial charge is 0.493 e. The van der Waals surface area contributed by atoms with Gasteiger partial charge in [-0.15, -0.1) is 0 Å². The van der Waals surface area contributed by atoms with Crippen LogP contribution in [0, 0.1) is 11.3 Å². The Labute approximate surface area is 168 Å². The summed E-state index contributed by atoms with van der Waals surface area (Å²) >= 11 is 0. The van der Waals surface area contributed by atoms with Crippen molar-refractivity contribution in [2.45, 2.75) is 73.0 Å². The Hall–Kier alpha value is -2.24. The number of benzene rings is 1. The highest BCUT2D eigenvalue weighted by molar-refractivity contribution is 5.98. The van der Waals surface area contributed by atoms with E-state index >= 15 is 0 Å². The molecule has 6 nitrogen and oxygen atoms in total. The lowest BCUT2D eigenvalue weighted by Crippen LogP contribution is -2.44. The van der Waals surface area contributed by atoms with Gasteiger partial charge in [0.05, 0.1) is 12.1 Å². The number of nitrogens with two attached hydrogens (primary N) is 1. The predicted octanol–water partition coefficient (Wildman–Crippen LogP) is 4.87. The number of amidine groups is 1. The maximum atomic E-state index is 12.5. The van der Waals surface area contributed by atoms with Crippen molar-refractivity contribution in [2.24, 2.45) is 16.3 Å². The minimum atomic E-state index is -0.598. The zero-order valence-electron chi connectivity index (χ0n) is 18.5. The molecule has 2 atom stereocenters. The summed E-state index contributed by atoms with van der Waals surface area (Å²) in [4.78, 5) is 17.6. The van der Waals surface area contributed by atoms with E-state index in [9.17, 15) is 4.79 Å². The Morgan fingerprint density at radius 1 is 1.29 bits per heavy atom. The molecule has 1 aliphatic rings. The minimum Gasteiger partial charge on any atom is -0.493 e. The van der Waals surface area contributed by atoms with Gasteiger partial charge in [-0.05, 0) is 58.2 Å². The van der Waals surface area contributed by atoms with Gasteiger partial charge in [0.1, 0.15) is 17.2 Å². The molecule has 6 heteroatoms. The summed E-state index contributed by atoms with van der Waals surface area (Å²) in [6, 6.07) is 5.66. The Balaban J connectivity index is 2.54. The molecule has 1 aromatic rings. The molecule has 2 unspecified atom stereocenters. The minimum absolute atomic E-state index is 0.188. The first-order valence-corrected chi connectivity index (χ1v) is 9.85. The third kappa shape index (κ3) is 5.18. The molecule has 156 valence electrons. The van der Waals surface area contributed by atoms with Crippen LogP contribution < -0.4 is 15.8 Å².